The van der Waals surface area contributed by atoms with Gasteiger partial charge in [0, 0.05) is 13.6 Å². The molecule has 0 saturated carbocycles. The topological polar surface area (TPSA) is 92.5 Å². The number of nitrogens with one attached hydrogen (secondary N) is 1. The average Bonchev–Trinajstić information content (AvgIpc) is 1.98. The molecular weight excluding hydrogens is 218 g/mol. The maximum Gasteiger partial charge on any atom is 0.239 e. The molecule has 1 aliphatic rings. The van der Waals surface area contributed by atoms with Crippen molar-refractivity contribution in [2.24, 2.45) is 5.14 Å². The number of rotatable bonds is 5. The summed E-state index contributed by atoms with van der Waals surface area (Å²) in [5.41, 5.74) is 0. The normalized spacial score (nSPS) is 20.8. The van der Waals surface area contributed by atoms with Crippen LogP contribution in [-0.2, 0) is 14.8 Å². The predicted octanol–water partition coefficient (Wildman–Crippen LogP) is -1.51. The molecule has 6 nitrogen and oxygen atoms in total. The second kappa shape index (κ2) is 4.91. The number of amides is 1. The Balaban J connectivity index is 2.23. The Morgan fingerprint density at radius 1 is 1.60 bits per heavy atom. The summed E-state index contributed by atoms with van der Waals surface area (Å²) in [7, 11) is -1.74. The van der Waals surface area contributed by atoms with E-state index < -0.39 is 10.0 Å². The van der Waals surface area contributed by atoms with Crippen LogP contribution in [-0.4, -0.2) is 51.2 Å². The smallest absolute Gasteiger partial charge is 0.239 e. The number of nitrogens with two attached hydrogens (primary N) is 1. The average molecular weight is 235 g/mol. The van der Waals surface area contributed by atoms with Crippen LogP contribution in [0.4, 0.5) is 0 Å². The molecule has 1 rings (SSSR count). The predicted molar refractivity (Wildman–Crippen MR) is 56.6 cm³/mol. The van der Waals surface area contributed by atoms with Crippen molar-refractivity contribution in [2.45, 2.75) is 18.9 Å². The molecule has 0 bridgehead atoms. The first kappa shape index (κ1) is 12.4. The van der Waals surface area contributed by atoms with E-state index in [1.807, 2.05) is 0 Å². The highest BCUT2D eigenvalue weighted by molar-refractivity contribution is 7.89. The Labute approximate surface area is 89.9 Å². The van der Waals surface area contributed by atoms with Gasteiger partial charge in [-0.05, 0) is 19.4 Å². The zero-order valence-electron chi connectivity index (χ0n) is 8.77. The van der Waals surface area contributed by atoms with Crippen LogP contribution in [0.3, 0.4) is 0 Å². The molecular formula is C8H17N3O3S. The Morgan fingerprint density at radius 2 is 2.20 bits per heavy atom. The summed E-state index contributed by atoms with van der Waals surface area (Å²) in [6, 6.07) is -0.0792. The van der Waals surface area contributed by atoms with Gasteiger partial charge in [-0.2, -0.15) is 0 Å². The molecule has 15 heavy (non-hydrogen) atoms. The van der Waals surface area contributed by atoms with Crippen molar-refractivity contribution in [2.75, 3.05) is 25.9 Å². The fourth-order valence-corrected chi connectivity index (χ4v) is 1.91. The summed E-state index contributed by atoms with van der Waals surface area (Å²) in [6.07, 6.45) is 1.24. The maximum absolute atomic E-state index is 11.6. The summed E-state index contributed by atoms with van der Waals surface area (Å²) < 4.78 is 21.3. The third kappa shape index (κ3) is 4.15. The van der Waals surface area contributed by atoms with Gasteiger partial charge in [-0.1, -0.05) is 0 Å². The monoisotopic (exact) mass is 235 g/mol. The van der Waals surface area contributed by atoms with Crippen molar-refractivity contribution >= 4 is 15.9 Å². The molecule has 88 valence electrons. The Kier molecular flexibility index (Phi) is 4.06. The highest BCUT2D eigenvalue weighted by atomic mass is 32.2. The van der Waals surface area contributed by atoms with E-state index in [1.54, 1.807) is 11.9 Å². The van der Waals surface area contributed by atoms with Crippen LogP contribution in [0.5, 0.6) is 0 Å². The maximum atomic E-state index is 11.6. The molecule has 1 amide bonds. The number of carbonyl (C=O) groups is 1. The lowest BCUT2D eigenvalue weighted by Gasteiger charge is -2.30. The van der Waals surface area contributed by atoms with Gasteiger partial charge in [-0.25, -0.2) is 13.6 Å². The van der Waals surface area contributed by atoms with Crippen molar-refractivity contribution in [1.29, 1.82) is 0 Å². The second-order valence-corrected chi connectivity index (χ2v) is 5.51. The number of sulfonamides is 1. The van der Waals surface area contributed by atoms with Crippen LogP contribution in [0.15, 0.2) is 0 Å². The SMILES string of the molecule is CN(CCCS(N)(=O)=O)C(=O)C1CCN1. The van der Waals surface area contributed by atoms with E-state index in [0.717, 1.165) is 13.0 Å². The van der Waals surface area contributed by atoms with Crippen LogP contribution in [0.25, 0.3) is 0 Å². The first-order valence-electron chi connectivity index (χ1n) is 4.89. The van der Waals surface area contributed by atoms with Crippen LogP contribution < -0.4 is 10.5 Å². The van der Waals surface area contributed by atoms with Gasteiger partial charge in [0.15, 0.2) is 0 Å². The molecule has 0 aliphatic carbocycles. The number of likely N-dealkylation sites (N-methyl/N-ethyl adjacent to an activating group) is 1. The number of hydrogen-bond donors (Lipinski definition) is 2. The van der Waals surface area contributed by atoms with Gasteiger partial charge < -0.3 is 10.2 Å². The molecule has 0 aromatic heterocycles. The van der Waals surface area contributed by atoms with Crippen molar-refractivity contribution in [3.05, 3.63) is 0 Å². The van der Waals surface area contributed by atoms with Gasteiger partial charge >= 0.3 is 0 Å². The van der Waals surface area contributed by atoms with Gasteiger partial charge in [0.1, 0.15) is 0 Å². The van der Waals surface area contributed by atoms with Gasteiger partial charge in [-0.3, -0.25) is 4.79 Å². The minimum atomic E-state index is -3.41. The molecule has 1 atom stereocenters. The molecule has 0 spiro atoms. The lowest BCUT2D eigenvalue weighted by Crippen LogP contribution is -2.53. The molecule has 0 aromatic rings. The van der Waals surface area contributed by atoms with Crippen LogP contribution >= 0.6 is 0 Å². The summed E-state index contributed by atoms with van der Waals surface area (Å²) >= 11 is 0. The van der Waals surface area contributed by atoms with E-state index in [1.165, 1.54) is 0 Å². The zero-order valence-corrected chi connectivity index (χ0v) is 9.59. The largest absolute Gasteiger partial charge is 0.344 e. The highest BCUT2D eigenvalue weighted by Crippen LogP contribution is 2.05. The minimum Gasteiger partial charge on any atom is -0.344 e. The lowest BCUT2D eigenvalue weighted by molar-refractivity contribution is -0.133. The van der Waals surface area contributed by atoms with E-state index >= 15 is 0 Å². The third-order valence-corrected chi connectivity index (χ3v) is 3.28. The molecule has 3 N–H and O–H groups in total. The third-order valence-electron chi connectivity index (χ3n) is 2.42. The number of nitrogens with zero attached hydrogens (tertiary/aromatic N) is 1. The molecule has 1 fully saturated rings. The Bertz CT molecular complexity index is 324. The lowest BCUT2D eigenvalue weighted by atomic mass is 10.1. The first-order chi connectivity index (χ1) is 6.90. The molecule has 7 heteroatoms. The quantitative estimate of drug-likeness (QED) is 0.605. The Morgan fingerprint density at radius 3 is 2.60 bits per heavy atom. The highest BCUT2D eigenvalue weighted by Gasteiger charge is 2.26. The number of carbonyl (C=O) groups excluding carboxylic acids is 1. The van der Waals surface area contributed by atoms with E-state index in [9.17, 15) is 13.2 Å². The van der Waals surface area contributed by atoms with E-state index in [2.05, 4.69) is 5.32 Å². The van der Waals surface area contributed by atoms with Gasteiger partial charge in [-0.15, -0.1) is 0 Å². The Hall–Kier alpha value is -0.660. The van der Waals surface area contributed by atoms with Gasteiger partial charge in [0.2, 0.25) is 15.9 Å². The summed E-state index contributed by atoms with van der Waals surface area (Å²) in [5.74, 6) is -0.0569. The fourth-order valence-electron chi connectivity index (χ4n) is 1.38. The van der Waals surface area contributed by atoms with Crippen molar-refractivity contribution in [3.63, 3.8) is 0 Å². The molecule has 1 heterocycles. The van der Waals surface area contributed by atoms with Crippen molar-refractivity contribution < 1.29 is 13.2 Å². The van der Waals surface area contributed by atoms with Gasteiger partial charge in [0.25, 0.3) is 0 Å². The van der Waals surface area contributed by atoms with Crippen molar-refractivity contribution in [1.82, 2.24) is 10.2 Å². The minimum absolute atomic E-state index is 0.0238. The second-order valence-electron chi connectivity index (χ2n) is 3.78. The summed E-state index contributed by atoms with van der Waals surface area (Å²) in [5, 5.41) is 7.85. The molecule has 1 aliphatic heterocycles. The van der Waals surface area contributed by atoms with Crippen LogP contribution in [0.1, 0.15) is 12.8 Å². The molecule has 1 saturated heterocycles. The zero-order chi connectivity index (χ0) is 11.5. The first-order valence-corrected chi connectivity index (χ1v) is 6.60. The number of hydrogen-bond acceptors (Lipinski definition) is 4. The molecule has 1 unspecified atom stereocenters. The van der Waals surface area contributed by atoms with E-state index in [0.29, 0.717) is 13.0 Å². The van der Waals surface area contributed by atoms with Crippen LogP contribution in [0, 0.1) is 0 Å². The van der Waals surface area contributed by atoms with Crippen molar-refractivity contribution in [3.8, 4) is 0 Å². The summed E-state index contributed by atoms with van der Waals surface area (Å²) in [4.78, 5) is 13.1. The van der Waals surface area contributed by atoms with E-state index in [-0.39, 0.29) is 17.7 Å². The number of primary sulfonamides is 1. The molecule has 0 radical (unpaired) electrons. The van der Waals surface area contributed by atoms with Gasteiger partial charge in [0.05, 0.1) is 11.8 Å². The summed E-state index contributed by atoms with van der Waals surface area (Å²) in [6.45, 7) is 1.30. The standard InChI is InChI=1S/C8H17N3O3S/c1-11(5-2-6-15(9,13)14)8(12)7-3-4-10-7/h7,10H,2-6H2,1H3,(H2,9,13,14). The van der Waals surface area contributed by atoms with E-state index in [4.69, 9.17) is 5.14 Å². The molecule has 0 aromatic carbocycles. The fraction of sp³-hybridized carbons (Fsp3) is 0.875. The van der Waals surface area contributed by atoms with Crippen LogP contribution in [0.2, 0.25) is 0 Å².